The van der Waals surface area contributed by atoms with Crippen molar-refractivity contribution in [1.82, 2.24) is 4.68 Å². The first kappa shape index (κ1) is 13.2. The zero-order chi connectivity index (χ0) is 13.8. The molecule has 19 heavy (non-hydrogen) atoms. The number of nitriles is 1. The predicted octanol–water partition coefficient (Wildman–Crippen LogP) is 2.25. The summed E-state index contributed by atoms with van der Waals surface area (Å²) in [5.74, 6) is 0. The maximum atomic E-state index is 10.1. The Morgan fingerprint density at radius 2 is 1.74 bits per heavy atom. The van der Waals surface area contributed by atoms with E-state index in [1.165, 1.54) is 0 Å². The summed E-state index contributed by atoms with van der Waals surface area (Å²) in [4.78, 5) is 0. The minimum absolute atomic E-state index is 0.419. The number of aliphatic hydroxyl groups is 1. The van der Waals surface area contributed by atoms with Gasteiger partial charge in [0.1, 0.15) is 0 Å². The molecule has 0 aliphatic heterocycles. The van der Waals surface area contributed by atoms with Crippen LogP contribution in [0.3, 0.4) is 0 Å². The molecule has 1 unspecified atom stereocenters. The summed E-state index contributed by atoms with van der Waals surface area (Å²) < 4.78 is 1.95. The Balaban J connectivity index is 2.01. The van der Waals surface area contributed by atoms with Crippen LogP contribution in [0.25, 0.3) is 0 Å². The highest BCUT2D eigenvalue weighted by atomic mass is 16.3. The highest BCUT2D eigenvalue weighted by Crippen LogP contribution is 2.14. The minimum atomic E-state index is -0.603. The zero-order valence-corrected chi connectivity index (χ0v) is 11.1. The Morgan fingerprint density at radius 3 is 2.26 bits per heavy atom. The molecule has 2 rings (SSSR count). The van der Waals surface area contributed by atoms with Crippen LogP contribution in [-0.4, -0.2) is 16.3 Å². The maximum absolute atomic E-state index is 10.1. The summed E-state index contributed by atoms with van der Waals surface area (Å²) in [6, 6.07) is 13.1. The third-order valence-electron chi connectivity index (χ3n) is 3.14. The Kier molecular flexibility index (Phi) is 3.88. The number of nitrogens with one attached hydrogen (secondary N) is 1. The lowest BCUT2D eigenvalue weighted by molar-refractivity contribution is 0.188. The van der Waals surface area contributed by atoms with Crippen LogP contribution in [-0.2, 0) is 0 Å². The van der Waals surface area contributed by atoms with Crippen LogP contribution < -0.4 is 5.43 Å². The molecule has 1 atom stereocenters. The lowest BCUT2D eigenvalue weighted by Crippen LogP contribution is -2.23. The van der Waals surface area contributed by atoms with E-state index in [0.717, 1.165) is 17.0 Å². The van der Waals surface area contributed by atoms with Crippen molar-refractivity contribution in [3.8, 4) is 6.07 Å². The molecule has 4 nitrogen and oxygen atoms in total. The van der Waals surface area contributed by atoms with Crippen molar-refractivity contribution in [1.29, 1.82) is 5.26 Å². The number of benzene rings is 1. The lowest BCUT2D eigenvalue weighted by atomic mass is 10.1. The maximum Gasteiger partial charge on any atom is 0.0991 e. The van der Waals surface area contributed by atoms with Crippen molar-refractivity contribution in [3.63, 3.8) is 0 Å². The van der Waals surface area contributed by atoms with Crippen molar-refractivity contribution in [2.75, 3.05) is 12.0 Å². The van der Waals surface area contributed by atoms with Gasteiger partial charge in [-0.3, -0.25) is 4.68 Å². The molecular weight excluding hydrogens is 238 g/mol. The minimum Gasteiger partial charge on any atom is -0.387 e. The van der Waals surface area contributed by atoms with Gasteiger partial charge in [-0.2, -0.15) is 5.26 Å². The Hall–Kier alpha value is -2.25. The van der Waals surface area contributed by atoms with Crippen LogP contribution in [0, 0.1) is 25.2 Å². The van der Waals surface area contributed by atoms with Crippen LogP contribution >= 0.6 is 0 Å². The molecular formula is C15H17N3O. The van der Waals surface area contributed by atoms with Crippen molar-refractivity contribution in [3.05, 3.63) is 58.9 Å². The number of aliphatic hydroxyl groups excluding tert-OH is 1. The van der Waals surface area contributed by atoms with Gasteiger partial charge in [-0.15, -0.1) is 0 Å². The molecule has 0 spiro atoms. The molecule has 1 aromatic carbocycles. The van der Waals surface area contributed by atoms with E-state index in [1.54, 1.807) is 24.3 Å². The Labute approximate surface area is 112 Å². The first-order chi connectivity index (χ1) is 9.11. The van der Waals surface area contributed by atoms with Crippen molar-refractivity contribution in [2.45, 2.75) is 20.0 Å². The molecule has 0 bridgehead atoms. The van der Waals surface area contributed by atoms with E-state index in [2.05, 4.69) is 11.5 Å². The topological polar surface area (TPSA) is 61.0 Å². The van der Waals surface area contributed by atoms with Gasteiger partial charge >= 0.3 is 0 Å². The third kappa shape index (κ3) is 2.95. The number of rotatable bonds is 4. The van der Waals surface area contributed by atoms with Gasteiger partial charge in [0.25, 0.3) is 0 Å². The molecule has 0 saturated carbocycles. The molecule has 0 aliphatic carbocycles. The van der Waals surface area contributed by atoms with Gasteiger partial charge in [-0.1, -0.05) is 12.1 Å². The first-order valence-corrected chi connectivity index (χ1v) is 6.19. The summed E-state index contributed by atoms with van der Waals surface area (Å²) in [6.07, 6.45) is -0.603. The first-order valence-electron chi connectivity index (χ1n) is 6.19. The number of hydrogen-bond donors (Lipinski definition) is 2. The van der Waals surface area contributed by atoms with E-state index >= 15 is 0 Å². The number of nitrogens with zero attached hydrogens (tertiary/aromatic N) is 2. The number of aromatic nitrogens is 1. The standard InChI is InChI=1S/C15H17N3O/c1-11-3-4-12(2)18(11)17-10-15(19)14-7-5-13(9-16)6-8-14/h3-8,15,17,19H,10H2,1-2H3. The summed E-state index contributed by atoms with van der Waals surface area (Å²) in [6.45, 7) is 4.43. The summed E-state index contributed by atoms with van der Waals surface area (Å²) in [5.41, 5.74) is 6.79. The SMILES string of the molecule is Cc1ccc(C)n1NCC(O)c1ccc(C#N)cc1. The van der Waals surface area contributed by atoms with Crippen molar-refractivity contribution in [2.24, 2.45) is 0 Å². The molecule has 0 radical (unpaired) electrons. The monoisotopic (exact) mass is 255 g/mol. The molecule has 98 valence electrons. The average molecular weight is 255 g/mol. The zero-order valence-electron chi connectivity index (χ0n) is 11.1. The van der Waals surface area contributed by atoms with Crippen molar-refractivity contribution >= 4 is 0 Å². The largest absolute Gasteiger partial charge is 0.387 e. The van der Waals surface area contributed by atoms with Gasteiger partial charge in [-0.25, -0.2) is 0 Å². The molecule has 2 aromatic rings. The van der Waals surface area contributed by atoms with E-state index in [-0.39, 0.29) is 0 Å². The molecule has 4 heteroatoms. The Morgan fingerprint density at radius 1 is 1.16 bits per heavy atom. The number of aryl methyl sites for hydroxylation is 2. The molecule has 1 heterocycles. The fourth-order valence-corrected chi connectivity index (χ4v) is 1.99. The van der Waals surface area contributed by atoms with Gasteiger partial charge in [0.05, 0.1) is 24.3 Å². The fraction of sp³-hybridized carbons (Fsp3) is 0.267. The van der Waals surface area contributed by atoms with E-state index in [4.69, 9.17) is 5.26 Å². The highest BCUT2D eigenvalue weighted by Gasteiger charge is 2.08. The van der Waals surface area contributed by atoms with Crippen molar-refractivity contribution < 1.29 is 5.11 Å². The van der Waals surface area contributed by atoms with Gasteiger partial charge in [0, 0.05) is 11.4 Å². The molecule has 0 amide bonds. The Bertz CT molecular complexity index is 573. The fourth-order valence-electron chi connectivity index (χ4n) is 1.99. The smallest absolute Gasteiger partial charge is 0.0991 e. The van der Waals surface area contributed by atoms with Gasteiger partial charge in [0.15, 0.2) is 0 Å². The quantitative estimate of drug-likeness (QED) is 0.881. The summed E-state index contributed by atoms with van der Waals surface area (Å²) in [7, 11) is 0. The average Bonchev–Trinajstić information content (AvgIpc) is 2.75. The second-order valence-corrected chi connectivity index (χ2v) is 4.56. The van der Waals surface area contributed by atoms with Gasteiger partial charge < -0.3 is 10.5 Å². The summed E-state index contributed by atoms with van der Waals surface area (Å²) in [5, 5.41) is 18.8. The van der Waals surface area contributed by atoms with Gasteiger partial charge in [0.2, 0.25) is 0 Å². The number of hydrogen-bond acceptors (Lipinski definition) is 3. The van der Waals surface area contributed by atoms with E-state index in [9.17, 15) is 5.11 Å². The van der Waals surface area contributed by atoms with E-state index in [1.807, 2.05) is 30.7 Å². The molecule has 0 saturated heterocycles. The predicted molar refractivity (Wildman–Crippen MR) is 74.3 cm³/mol. The molecule has 0 aliphatic rings. The lowest BCUT2D eigenvalue weighted by Gasteiger charge is -2.16. The van der Waals surface area contributed by atoms with E-state index < -0.39 is 6.10 Å². The van der Waals surface area contributed by atoms with Gasteiger partial charge in [-0.05, 0) is 43.7 Å². The second kappa shape index (κ2) is 5.59. The molecule has 1 aromatic heterocycles. The van der Waals surface area contributed by atoms with Crippen LogP contribution in [0.2, 0.25) is 0 Å². The van der Waals surface area contributed by atoms with Crippen LogP contribution in [0.15, 0.2) is 36.4 Å². The summed E-state index contributed by atoms with van der Waals surface area (Å²) >= 11 is 0. The molecule has 0 fully saturated rings. The second-order valence-electron chi connectivity index (χ2n) is 4.56. The third-order valence-corrected chi connectivity index (χ3v) is 3.14. The van der Waals surface area contributed by atoms with Crippen LogP contribution in [0.4, 0.5) is 0 Å². The normalized spacial score (nSPS) is 11.9. The van der Waals surface area contributed by atoms with Crippen LogP contribution in [0.1, 0.15) is 28.6 Å². The highest BCUT2D eigenvalue weighted by molar-refractivity contribution is 5.32. The molecule has 2 N–H and O–H groups in total. The van der Waals surface area contributed by atoms with E-state index in [0.29, 0.717) is 12.1 Å². The van der Waals surface area contributed by atoms with Crippen LogP contribution in [0.5, 0.6) is 0 Å².